The van der Waals surface area contributed by atoms with Crippen molar-refractivity contribution in [3.63, 3.8) is 0 Å². The lowest BCUT2D eigenvalue weighted by Crippen LogP contribution is -2.20. The third-order valence-corrected chi connectivity index (χ3v) is 5.34. The zero-order chi connectivity index (χ0) is 13.7. The molecule has 0 radical (unpaired) electrons. The molecule has 1 aliphatic heterocycles. The minimum atomic E-state index is -0.194. The molecular weight excluding hydrogens is 240 g/mol. The predicted molar refractivity (Wildman–Crippen MR) is 72.5 cm³/mol. The number of allylic oxidation sites excluding steroid dienone is 1. The number of rotatable bonds is 1. The van der Waals surface area contributed by atoms with Crippen molar-refractivity contribution >= 4 is 5.97 Å². The molecule has 2 fully saturated rings. The van der Waals surface area contributed by atoms with E-state index in [-0.39, 0.29) is 24.1 Å². The van der Waals surface area contributed by atoms with Crippen LogP contribution in [-0.4, -0.2) is 25.3 Å². The maximum absolute atomic E-state index is 11.7. The van der Waals surface area contributed by atoms with Gasteiger partial charge in [0.2, 0.25) is 0 Å². The fourth-order valence-corrected chi connectivity index (χ4v) is 4.12. The quantitative estimate of drug-likeness (QED) is 0.414. The van der Waals surface area contributed by atoms with Crippen LogP contribution >= 0.6 is 0 Å². The molecule has 3 rings (SSSR count). The molecule has 19 heavy (non-hydrogen) atoms. The van der Waals surface area contributed by atoms with Crippen molar-refractivity contribution in [1.29, 1.82) is 0 Å². The van der Waals surface area contributed by atoms with Crippen LogP contribution in [0.25, 0.3) is 0 Å². The van der Waals surface area contributed by atoms with E-state index in [0.717, 1.165) is 19.3 Å². The Balaban J connectivity index is 1.95. The molecule has 0 unspecified atom stereocenters. The summed E-state index contributed by atoms with van der Waals surface area (Å²) in [5.41, 5.74) is 3.53. The molecule has 3 aliphatic rings. The molecule has 0 aromatic rings. The molecule has 0 amide bonds. The van der Waals surface area contributed by atoms with E-state index in [1.54, 1.807) is 7.11 Å². The second-order valence-electron chi connectivity index (χ2n) is 6.27. The minimum Gasteiger partial charge on any atom is -0.458 e. The Bertz CT molecular complexity index is 463. The van der Waals surface area contributed by atoms with Crippen LogP contribution in [0.3, 0.4) is 0 Å². The number of carbonyl (C=O) groups is 1. The van der Waals surface area contributed by atoms with Gasteiger partial charge in [0, 0.05) is 18.6 Å². The SMILES string of the molecule is C=C1C(=O)O[C@@H]2C[C@H](C)[C@@H]3C[C@H](OC)C(C)=C3C[C@H]12. The minimum absolute atomic E-state index is 0.0434. The number of esters is 1. The van der Waals surface area contributed by atoms with Crippen LogP contribution < -0.4 is 0 Å². The van der Waals surface area contributed by atoms with E-state index in [1.807, 2.05) is 0 Å². The summed E-state index contributed by atoms with van der Waals surface area (Å²) < 4.78 is 11.1. The van der Waals surface area contributed by atoms with Crippen LogP contribution in [0.2, 0.25) is 0 Å². The molecule has 3 nitrogen and oxygen atoms in total. The Morgan fingerprint density at radius 1 is 1.32 bits per heavy atom. The average Bonchev–Trinajstić information content (AvgIpc) is 2.77. The zero-order valence-electron chi connectivity index (χ0n) is 11.9. The van der Waals surface area contributed by atoms with E-state index >= 15 is 0 Å². The second-order valence-corrected chi connectivity index (χ2v) is 6.27. The first-order chi connectivity index (χ1) is 9.02. The number of hydrogen-bond acceptors (Lipinski definition) is 3. The maximum Gasteiger partial charge on any atom is 0.334 e. The highest BCUT2D eigenvalue weighted by atomic mass is 16.6. The Morgan fingerprint density at radius 3 is 2.74 bits per heavy atom. The van der Waals surface area contributed by atoms with Crippen molar-refractivity contribution in [2.24, 2.45) is 17.8 Å². The lowest BCUT2D eigenvalue weighted by Gasteiger charge is -2.21. The van der Waals surface area contributed by atoms with Crippen molar-refractivity contribution in [3.8, 4) is 0 Å². The topological polar surface area (TPSA) is 35.5 Å². The smallest absolute Gasteiger partial charge is 0.334 e. The van der Waals surface area contributed by atoms with Crippen LogP contribution in [0.4, 0.5) is 0 Å². The first kappa shape index (κ1) is 12.9. The zero-order valence-corrected chi connectivity index (χ0v) is 11.9. The molecule has 3 heteroatoms. The summed E-state index contributed by atoms with van der Waals surface area (Å²) >= 11 is 0. The monoisotopic (exact) mass is 262 g/mol. The second kappa shape index (κ2) is 4.48. The summed E-state index contributed by atoms with van der Waals surface area (Å²) in [6.07, 6.45) is 3.26. The molecule has 2 aliphatic carbocycles. The standard InChI is InChI=1S/C16H22O3/c1-8-5-15-13(10(3)16(17)19-15)6-12-9(2)14(18-4)7-11(8)12/h8,11,13-15H,3,5-7H2,1-2,4H3/t8-,11-,13+,14-,15+/m0/s1. The van der Waals surface area contributed by atoms with Gasteiger partial charge in [-0.1, -0.05) is 19.1 Å². The molecule has 0 spiro atoms. The van der Waals surface area contributed by atoms with E-state index in [4.69, 9.17) is 9.47 Å². The highest BCUT2D eigenvalue weighted by Gasteiger charge is 2.46. The molecule has 5 atom stereocenters. The normalized spacial score (nSPS) is 41.9. The fourth-order valence-electron chi connectivity index (χ4n) is 4.12. The summed E-state index contributed by atoms with van der Waals surface area (Å²) in [7, 11) is 1.79. The van der Waals surface area contributed by atoms with Crippen molar-refractivity contribution in [1.82, 2.24) is 0 Å². The van der Waals surface area contributed by atoms with Crippen molar-refractivity contribution < 1.29 is 14.3 Å². The van der Waals surface area contributed by atoms with Gasteiger partial charge in [-0.2, -0.15) is 0 Å². The first-order valence-corrected chi connectivity index (χ1v) is 7.15. The first-order valence-electron chi connectivity index (χ1n) is 7.15. The largest absolute Gasteiger partial charge is 0.458 e. The Labute approximate surface area is 114 Å². The summed E-state index contributed by atoms with van der Waals surface area (Å²) in [5, 5.41) is 0. The molecule has 1 saturated heterocycles. The Kier molecular flexibility index (Phi) is 3.05. The van der Waals surface area contributed by atoms with Gasteiger partial charge in [0.15, 0.2) is 0 Å². The van der Waals surface area contributed by atoms with Crippen LogP contribution in [0.5, 0.6) is 0 Å². The van der Waals surface area contributed by atoms with E-state index < -0.39 is 0 Å². The Morgan fingerprint density at radius 2 is 2.05 bits per heavy atom. The summed E-state index contributed by atoms with van der Waals surface area (Å²) in [5.74, 6) is 1.11. The van der Waals surface area contributed by atoms with Gasteiger partial charge < -0.3 is 9.47 Å². The van der Waals surface area contributed by atoms with Crippen LogP contribution in [0.1, 0.15) is 33.1 Å². The fraction of sp³-hybridized carbons (Fsp3) is 0.688. The number of fused-ring (bicyclic) bond motifs is 2. The van der Waals surface area contributed by atoms with E-state index in [9.17, 15) is 4.79 Å². The third-order valence-electron chi connectivity index (χ3n) is 5.34. The molecule has 0 aromatic carbocycles. The maximum atomic E-state index is 11.7. The van der Waals surface area contributed by atoms with Crippen molar-refractivity contribution in [3.05, 3.63) is 23.3 Å². The third kappa shape index (κ3) is 1.86. The van der Waals surface area contributed by atoms with E-state index in [0.29, 0.717) is 17.4 Å². The molecule has 1 saturated carbocycles. The van der Waals surface area contributed by atoms with Gasteiger partial charge in [0.05, 0.1) is 6.10 Å². The molecular formula is C16H22O3. The van der Waals surface area contributed by atoms with Crippen LogP contribution in [0, 0.1) is 17.8 Å². The lowest BCUT2D eigenvalue weighted by atomic mass is 9.86. The van der Waals surface area contributed by atoms with Gasteiger partial charge in [0.25, 0.3) is 0 Å². The highest BCUT2D eigenvalue weighted by molar-refractivity contribution is 5.90. The van der Waals surface area contributed by atoms with E-state index in [1.165, 1.54) is 11.1 Å². The van der Waals surface area contributed by atoms with Gasteiger partial charge >= 0.3 is 5.97 Å². The van der Waals surface area contributed by atoms with Gasteiger partial charge in [0.1, 0.15) is 6.10 Å². The van der Waals surface area contributed by atoms with E-state index in [2.05, 4.69) is 20.4 Å². The van der Waals surface area contributed by atoms with Crippen LogP contribution in [-0.2, 0) is 14.3 Å². The number of carbonyl (C=O) groups excluding carboxylic acids is 1. The molecule has 104 valence electrons. The van der Waals surface area contributed by atoms with Crippen molar-refractivity contribution in [2.45, 2.75) is 45.3 Å². The number of ether oxygens (including phenoxy) is 2. The lowest BCUT2D eigenvalue weighted by molar-refractivity contribution is -0.139. The van der Waals surface area contributed by atoms with Gasteiger partial charge in [-0.05, 0) is 43.6 Å². The van der Waals surface area contributed by atoms with Gasteiger partial charge in [-0.25, -0.2) is 4.79 Å². The molecule has 0 aromatic heterocycles. The number of methoxy groups -OCH3 is 1. The summed E-state index contributed by atoms with van der Waals surface area (Å²) in [6, 6.07) is 0. The van der Waals surface area contributed by atoms with Gasteiger partial charge in [-0.3, -0.25) is 0 Å². The summed E-state index contributed by atoms with van der Waals surface area (Å²) in [4.78, 5) is 11.7. The number of hydrogen-bond donors (Lipinski definition) is 0. The van der Waals surface area contributed by atoms with Gasteiger partial charge in [-0.15, -0.1) is 0 Å². The van der Waals surface area contributed by atoms with Crippen molar-refractivity contribution in [2.75, 3.05) is 7.11 Å². The van der Waals surface area contributed by atoms with Crippen LogP contribution in [0.15, 0.2) is 23.3 Å². The Hall–Kier alpha value is -1.09. The molecule has 0 bridgehead atoms. The average molecular weight is 262 g/mol. The molecule has 0 N–H and O–H groups in total. The summed E-state index contributed by atoms with van der Waals surface area (Å²) in [6.45, 7) is 8.38. The molecule has 1 heterocycles. The predicted octanol–water partition coefficient (Wildman–Crippen LogP) is 2.87. The highest BCUT2D eigenvalue weighted by Crippen LogP contribution is 2.49.